The molecule has 1 atom stereocenters. The van der Waals surface area contributed by atoms with Crippen LogP contribution in [0.4, 0.5) is 0 Å². The van der Waals surface area contributed by atoms with Crippen LogP contribution >= 0.6 is 0 Å². The quantitative estimate of drug-likeness (QED) is 0.881. The first-order chi connectivity index (χ1) is 10.5. The number of rotatable bonds is 2. The van der Waals surface area contributed by atoms with Gasteiger partial charge in [0.1, 0.15) is 23.2 Å². The monoisotopic (exact) mass is 307 g/mol. The van der Waals surface area contributed by atoms with Crippen molar-refractivity contribution < 1.29 is 18.8 Å². The first-order valence-corrected chi connectivity index (χ1v) is 7.70. The van der Waals surface area contributed by atoms with Gasteiger partial charge in [-0.1, -0.05) is 12.1 Å². The van der Waals surface area contributed by atoms with Crippen molar-refractivity contribution in [2.45, 2.75) is 51.9 Å². The van der Waals surface area contributed by atoms with Crippen molar-refractivity contribution in [2.24, 2.45) is 0 Å². The molecule has 120 valence electrons. The third-order valence-corrected chi connectivity index (χ3v) is 4.45. The normalized spacial score (nSPS) is 23.9. The van der Waals surface area contributed by atoms with Gasteiger partial charge >= 0.3 is 0 Å². The number of carbonyl (C=O) groups is 2. The lowest BCUT2D eigenvalue weighted by molar-refractivity contribution is -0.123. The SMILES string of the molecule is CCc1onc(C)c1C(=O)N1CCC2(CC1)NC(=O)[C@H](C)O2. The Morgan fingerprint density at radius 3 is 2.68 bits per heavy atom. The zero-order valence-corrected chi connectivity index (χ0v) is 13.1. The molecule has 0 unspecified atom stereocenters. The predicted octanol–water partition coefficient (Wildman–Crippen LogP) is 1.01. The molecule has 7 nitrogen and oxygen atoms in total. The van der Waals surface area contributed by atoms with Gasteiger partial charge in [0.05, 0.1) is 5.69 Å². The van der Waals surface area contributed by atoms with E-state index in [1.807, 2.05) is 6.92 Å². The molecule has 3 rings (SSSR count). The molecule has 3 heterocycles. The van der Waals surface area contributed by atoms with E-state index < -0.39 is 11.8 Å². The zero-order chi connectivity index (χ0) is 15.9. The Morgan fingerprint density at radius 1 is 1.45 bits per heavy atom. The molecule has 0 aliphatic carbocycles. The van der Waals surface area contributed by atoms with Gasteiger partial charge in [0, 0.05) is 32.4 Å². The van der Waals surface area contributed by atoms with Gasteiger partial charge in [-0.05, 0) is 13.8 Å². The largest absolute Gasteiger partial charge is 0.360 e. The van der Waals surface area contributed by atoms with Crippen LogP contribution in [-0.4, -0.2) is 46.8 Å². The summed E-state index contributed by atoms with van der Waals surface area (Å²) >= 11 is 0. The molecule has 0 radical (unpaired) electrons. The van der Waals surface area contributed by atoms with Crippen LogP contribution in [0.25, 0.3) is 0 Å². The molecule has 0 aromatic carbocycles. The Morgan fingerprint density at radius 2 is 2.14 bits per heavy atom. The van der Waals surface area contributed by atoms with E-state index in [4.69, 9.17) is 9.26 Å². The second-order valence-corrected chi connectivity index (χ2v) is 5.96. The minimum Gasteiger partial charge on any atom is -0.360 e. The molecule has 1 spiro atoms. The molecular formula is C15H21N3O4. The van der Waals surface area contributed by atoms with Crippen LogP contribution in [0.5, 0.6) is 0 Å². The third-order valence-electron chi connectivity index (χ3n) is 4.45. The summed E-state index contributed by atoms with van der Waals surface area (Å²) in [5.74, 6) is 0.493. The van der Waals surface area contributed by atoms with Crippen LogP contribution < -0.4 is 5.32 Å². The van der Waals surface area contributed by atoms with Crippen molar-refractivity contribution >= 4 is 11.8 Å². The first-order valence-electron chi connectivity index (χ1n) is 7.70. The van der Waals surface area contributed by atoms with Gasteiger partial charge in [-0.15, -0.1) is 0 Å². The summed E-state index contributed by atoms with van der Waals surface area (Å²) in [4.78, 5) is 26.1. The number of nitrogens with zero attached hydrogens (tertiary/aromatic N) is 2. The number of likely N-dealkylation sites (tertiary alicyclic amines) is 1. The highest BCUT2D eigenvalue weighted by atomic mass is 16.5. The Balaban J connectivity index is 1.70. The maximum absolute atomic E-state index is 12.7. The number of piperidine rings is 1. The van der Waals surface area contributed by atoms with Gasteiger partial charge in [0.2, 0.25) is 0 Å². The van der Waals surface area contributed by atoms with E-state index in [1.54, 1.807) is 18.7 Å². The van der Waals surface area contributed by atoms with Crippen molar-refractivity contribution in [3.63, 3.8) is 0 Å². The van der Waals surface area contributed by atoms with Gasteiger partial charge < -0.3 is 19.5 Å². The van der Waals surface area contributed by atoms with Gasteiger partial charge in [0.25, 0.3) is 11.8 Å². The second kappa shape index (κ2) is 5.39. The lowest BCUT2D eigenvalue weighted by Crippen LogP contribution is -2.53. The number of nitrogens with one attached hydrogen (secondary N) is 1. The highest BCUT2D eigenvalue weighted by Crippen LogP contribution is 2.30. The van der Waals surface area contributed by atoms with E-state index in [2.05, 4.69) is 10.5 Å². The molecule has 0 saturated carbocycles. The summed E-state index contributed by atoms with van der Waals surface area (Å²) in [5.41, 5.74) is 0.592. The van der Waals surface area contributed by atoms with Gasteiger partial charge in [-0.25, -0.2) is 0 Å². The Kier molecular flexibility index (Phi) is 3.68. The Bertz CT molecular complexity index is 602. The van der Waals surface area contributed by atoms with Crippen LogP contribution in [0.15, 0.2) is 4.52 Å². The van der Waals surface area contributed by atoms with Gasteiger partial charge in [-0.2, -0.15) is 0 Å². The number of amides is 2. The highest BCUT2D eigenvalue weighted by Gasteiger charge is 2.46. The lowest BCUT2D eigenvalue weighted by Gasteiger charge is -2.38. The van der Waals surface area contributed by atoms with Crippen LogP contribution in [0.1, 0.15) is 48.5 Å². The van der Waals surface area contributed by atoms with Crippen LogP contribution in [0.3, 0.4) is 0 Å². The molecule has 1 aromatic heterocycles. The van der Waals surface area contributed by atoms with Crippen LogP contribution in [0, 0.1) is 6.92 Å². The minimum atomic E-state index is -0.607. The van der Waals surface area contributed by atoms with Gasteiger partial charge in [-0.3, -0.25) is 9.59 Å². The molecule has 2 amide bonds. The summed E-state index contributed by atoms with van der Waals surface area (Å²) in [5, 5.41) is 6.81. The molecule has 1 aromatic rings. The summed E-state index contributed by atoms with van der Waals surface area (Å²) < 4.78 is 11.0. The standard InChI is InChI=1S/C15H21N3O4/c1-4-11-12(9(2)17-22-11)14(20)18-7-5-15(6-8-18)16-13(19)10(3)21-15/h10H,4-8H2,1-3H3,(H,16,19)/t10-/m0/s1. The van der Waals surface area contributed by atoms with Crippen LogP contribution in [0.2, 0.25) is 0 Å². The smallest absolute Gasteiger partial charge is 0.259 e. The summed E-state index contributed by atoms with van der Waals surface area (Å²) in [7, 11) is 0. The fourth-order valence-electron chi connectivity index (χ4n) is 3.15. The molecule has 0 bridgehead atoms. The van der Waals surface area contributed by atoms with E-state index >= 15 is 0 Å². The Hall–Kier alpha value is -1.89. The minimum absolute atomic E-state index is 0.0529. The fraction of sp³-hybridized carbons (Fsp3) is 0.667. The van der Waals surface area contributed by atoms with E-state index in [0.29, 0.717) is 49.4 Å². The van der Waals surface area contributed by atoms with E-state index in [0.717, 1.165) is 0 Å². The molecule has 7 heteroatoms. The number of aryl methyl sites for hydroxylation is 2. The van der Waals surface area contributed by atoms with Crippen molar-refractivity contribution in [3.05, 3.63) is 17.0 Å². The molecule has 2 aliphatic heterocycles. The Labute approximate surface area is 129 Å². The number of ether oxygens (including phenoxy) is 1. The fourth-order valence-corrected chi connectivity index (χ4v) is 3.15. The van der Waals surface area contributed by atoms with Crippen molar-refractivity contribution in [2.75, 3.05) is 13.1 Å². The summed E-state index contributed by atoms with van der Waals surface area (Å²) in [6.45, 7) is 6.55. The number of aromatic nitrogens is 1. The predicted molar refractivity (Wildman–Crippen MR) is 77.2 cm³/mol. The first kappa shape index (κ1) is 15.0. The maximum atomic E-state index is 12.7. The highest BCUT2D eigenvalue weighted by molar-refractivity contribution is 5.96. The molecule has 2 aliphatic rings. The lowest BCUT2D eigenvalue weighted by atomic mass is 9.99. The van der Waals surface area contributed by atoms with Crippen molar-refractivity contribution in [1.29, 1.82) is 0 Å². The van der Waals surface area contributed by atoms with Crippen molar-refractivity contribution in [1.82, 2.24) is 15.4 Å². The summed E-state index contributed by atoms with van der Waals surface area (Å²) in [6, 6.07) is 0. The number of hydrogen-bond donors (Lipinski definition) is 1. The second-order valence-electron chi connectivity index (χ2n) is 5.96. The van der Waals surface area contributed by atoms with Gasteiger partial charge in [0.15, 0.2) is 0 Å². The zero-order valence-electron chi connectivity index (χ0n) is 13.1. The van der Waals surface area contributed by atoms with Crippen molar-refractivity contribution in [3.8, 4) is 0 Å². The molecule has 2 fully saturated rings. The topological polar surface area (TPSA) is 84.7 Å². The average Bonchev–Trinajstić information content (AvgIpc) is 3.00. The average molecular weight is 307 g/mol. The molecule has 2 saturated heterocycles. The third kappa shape index (κ3) is 2.39. The number of hydrogen-bond acceptors (Lipinski definition) is 5. The molecular weight excluding hydrogens is 286 g/mol. The maximum Gasteiger partial charge on any atom is 0.259 e. The van der Waals surface area contributed by atoms with E-state index in [9.17, 15) is 9.59 Å². The van der Waals surface area contributed by atoms with Crippen LogP contribution in [-0.2, 0) is 16.0 Å². The summed E-state index contributed by atoms with van der Waals surface area (Å²) in [6.07, 6.45) is 1.41. The van der Waals surface area contributed by atoms with E-state index in [-0.39, 0.29) is 11.8 Å². The molecule has 1 N–H and O–H groups in total. The molecule has 22 heavy (non-hydrogen) atoms. The number of carbonyl (C=O) groups excluding carboxylic acids is 2. The van der Waals surface area contributed by atoms with E-state index in [1.165, 1.54) is 0 Å².